The quantitative estimate of drug-likeness (QED) is 0.268. The summed E-state index contributed by atoms with van der Waals surface area (Å²) in [7, 11) is 0. The van der Waals surface area contributed by atoms with Crippen LogP contribution in [0.3, 0.4) is 0 Å². The Bertz CT molecular complexity index is 1360. The molecule has 0 saturated carbocycles. The predicted octanol–water partition coefficient (Wildman–Crippen LogP) is 3.15. The summed E-state index contributed by atoms with van der Waals surface area (Å²) in [6, 6.07) is 16.5. The van der Waals surface area contributed by atoms with Crippen LogP contribution in [0.25, 0.3) is 22.3 Å². The van der Waals surface area contributed by atoms with Crippen molar-refractivity contribution in [3.63, 3.8) is 0 Å². The molecule has 8 nitrogen and oxygen atoms in total. The standard InChI is InChI=1S/C26H24O8/c27-12-16(13-28)14-33-21-10-19(29)11-22-23(21)24(31)25(32)26(34-22)17-6-7-20(30)18(9-17)8-15-4-2-1-3-5-15/h1-7,9-11,16,27-30,32H,8,12-14H2. The lowest BCUT2D eigenvalue weighted by molar-refractivity contribution is 0.106. The SMILES string of the molecule is O=c1c(O)c(-c2ccc(O)c(Cc3ccccc3)c2)oc2cc(O)cc(OCC(CO)CO)c12. The molecule has 0 fully saturated rings. The smallest absolute Gasteiger partial charge is 0.238 e. The zero-order valence-corrected chi connectivity index (χ0v) is 18.1. The van der Waals surface area contributed by atoms with E-state index in [9.17, 15) is 30.3 Å². The van der Waals surface area contributed by atoms with Gasteiger partial charge in [-0.3, -0.25) is 4.79 Å². The molecule has 34 heavy (non-hydrogen) atoms. The third-order valence-electron chi connectivity index (χ3n) is 5.49. The van der Waals surface area contributed by atoms with E-state index < -0.39 is 17.1 Å². The van der Waals surface area contributed by atoms with Gasteiger partial charge < -0.3 is 34.7 Å². The Hall–Kier alpha value is -4.01. The van der Waals surface area contributed by atoms with Crippen molar-refractivity contribution in [3.8, 4) is 34.3 Å². The molecule has 0 spiro atoms. The molecule has 0 bridgehead atoms. The van der Waals surface area contributed by atoms with Crippen LogP contribution in [0.2, 0.25) is 0 Å². The molecular formula is C26H24O8. The zero-order chi connectivity index (χ0) is 24.2. The van der Waals surface area contributed by atoms with Crippen molar-refractivity contribution in [2.75, 3.05) is 19.8 Å². The normalized spacial score (nSPS) is 11.3. The topological polar surface area (TPSA) is 141 Å². The number of aliphatic hydroxyl groups is 2. The summed E-state index contributed by atoms with van der Waals surface area (Å²) >= 11 is 0. The number of rotatable bonds is 8. The number of aromatic hydroxyl groups is 3. The molecule has 0 aliphatic rings. The molecule has 0 saturated heterocycles. The maximum absolute atomic E-state index is 13.1. The number of fused-ring (bicyclic) bond motifs is 1. The van der Waals surface area contributed by atoms with Gasteiger partial charge in [0.1, 0.15) is 28.2 Å². The number of ether oxygens (including phenoxy) is 1. The van der Waals surface area contributed by atoms with E-state index in [1.54, 1.807) is 6.07 Å². The van der Waals surface area contributed by atoms with Crippen molar-refractivity contribution < 1.29 is 34.7 Å². The maximum atomic E-state index is 13.1. The Morgan fingerprint density at radius 2 is 1.65 bits per heavy atom. The highest BCUT2D eigenvalue weighted by atomic mass is 16.5. The summed E-state index contributed by atoms with van der Waals surface area (Å²) in [4.78, 5) is 13.1. The van der Waals surface area contributed by atoms with Gasteiger partial charge in [-0.2, -0.15) is 0 Å². The van der Waals surface area contributed by atoms with Crippen molar-refractivity contribution in [2.45, 2.75) is 6.42 Å². The van der Waals surface area contributed by atoms with Gasteiger partial charge in [0.25, 0.3) is 0 Å². The van der Waals surface area contributed by atoms with E-state index in [2.05, 4.69) is 0 Å². The number of phenols is 2. The second kappa shape index (κ2) is 9.86. The van der Waals surface area contributed by atoms with Crippen LogP contribution in [0.1, 0.15) is 11.1 Å². The molecule has 0 amide bonds. The number of phenolic OH excluding ortho intramolecular Hbond substituents is 2. The molecule has 1 aromatic heterocycles. The molecule has 4 aromatic rings. The average molecular weight is 464 g/mol. The van der Waals surface area contributed by atoms with Crippen LogP contribution in [-0.4, -0.2) is 45.4 Å². The minimum atomic E-state index is -0.770. The first-order valence-corrected chi connectivity index (χ1v) is 10.6. The van der Waals surface area contributed by atoms with Gasteiger partial charge in [0.15, 0.2) is 5.76 Å². The fraction of sp³-hybridized carbons (Fsp3) is 0.192. The van der Waals surface area contributed by atoms with Crippen molar-refractivity contribution >= 4 is 11.0 Å². The van der Waals surface area contributed by atoms with Crippen LogP contribution in [0.5, 0.6) is 23.0 Å². The number of aliphatic hydroxyl groups excluding tert-OH is 2. The van der Waals surface area contributed by atoms with Gasteiger partial charge in [0, 0.05) is 30.0 Å². The highest BCUT2D eigenvalue weighted by Gasteiger charge is 2.21. The Kier molecular flexibility index (Phi) is 6.72. The van der Waals surface area contributed by atoms with Crippen LogP contribution >= 0.6 is 0 Å². The lowest BCUT2D eigenvalue weighted by atomic mass is 10.00. The Balaban J connectivity index is 1.78. The second-order valence-electron chi connectivity index (χ2n) is 7.97. The molecule has 0 atom stereocenters. The minimum Gasteiger partial charge on any atom is -0.508 e. The van der Waals surface area contributed by atoms with Crippen molar-refractivity contribution in [3.05, 3.63) is 82.0 Å². The monoisotopic (exact) mass is 464 g/mol. The molecule has 5 N–H and O–H groups in total. The Labute approximate surface area is 194 Å². The summed E-state index contributed by atoms with van der Waals surface area (Å²) in [5, 5.41) is 49.5. The average Bonchev–Trinajstić information content (AvgIpc) is 2.83. The summed E-state index contributed by atoms with van der Waals surface area (Å²) < 4.78 is 11.4. The first kappa shape index (κ1) is 23.2. The fourth-order valence-corrected chi connectivity index (χ4v) is 3.62. The fourth-order valence-electron chi connectivity index (χ4n) is 3.62. The number of hydrogen-bond acceptors (Lipinski definition) is 8. The molecule has 0 aliphatic heterocycles. The lowest BCUT2D eigenvalue weighted by Crippen LogP contribution is -2.20. The van der Waals surface area contributed by atoms with E-state index in [0.29, 0.717) is 17.5 Å². The van der Waals surface area contributed by atoms with Crippen LogP contribution in [0, 0.1) is 5.92 Å². The van der Waals surface area contributed by atoms with Crippen LogP contribution in [0.15, 0.2) is 69.9 Å². The first-order chi connectivity index (χ1) is 16.4. The zero-order valence-electron chi connectivity index (χ0n) is 18.1. The molecule has 176 valence electrons. The Morgan fingerprint density at radius 1 is 0.912 bits per heavy atom. The van der Waals surface area contributed by atoms with Gasteiger partial charge in [-0.05, 0) is 29.3 Å². The van der Waals surface area contributed by atoms with Gasteiger partial charge in [-0.1, -0.05) is 30.3 Å². The molecule has 1 heterocycles. The van der Waals surface area contributed by atoms with E-state index in [4.69, 9.17) is 9.15 Å². The molecule has 0 radical (unpaired) electrons. The Morgan fingerprint density at radius 3 is 2.35 bits per heavy atom. The third-order valence-corrected chi connectivity index (χ3v) is 5.49. The van der Waals surface area contributed by atoms with E-state index in [1.807, 2.05) is 30.3 Å². The lowest BCUT2D eigenvalue weighted by Gasteiger charge is -2.15. The molecule has 3 aromatic carbocycles. The van der Waals surface area contributed by atoms with Crippen LogP contribution in [-0.2, 0) is 6.42 Å². The van der Waals surface area contributed by atoms with Gasteiger partial charge >= 0.3 is 0 Å². The van der Waals surface area contributed by atoms with Gasteiger partial charge in [-0.25, -0.2) is 0 Å². The van der Waals surface area contributed by atoms with Gasteiger partial charge in [-0.15, -0.1) is 0 Å². The van der Waals surface area contributed by atoms with E-state index in [0.717, 1.165) is 5.56 Å². The number of benzene rings is 3. The van der Waals surface area contributed by atoms with Crippen LogP contribution in [0.4, 0.5) is 0 Å². The molecular weight excluding hydrogens is 440 g/mol. The summed E-state index contributed by atoms with van der Waals surface area (Å²) in [5.41, 5.74) is 1.12. The molecule has 8 heteroatoms. The maximum Gasteiger partial charge on any atom is 0.238 e. The largest absolute Gasteiger partial charge is 0.508 e. The molecule has 0 unspecified atom stereocenters. The van der Waals surface area contributed by atoms with Crippen molar-refractivity contribution in [1.82, 2.24) is 0 Å². The van der Waals surface area contributed by atoms with E-state index in [-0.39, 0.29) is 53.8 Å². The third kappa shape index (κ3) is 4.68. The van der Waals surface area contributed by atoms with E-state index in [1.165, 1.54) is 24.3 Å². The first-order valence-electron chi connectivity index (χ1n) is 10.6. The van der Waals surface area contributed by atoms with E-state index >= 15 is 0 Å². The van der Waals surface area contributed by atoms with Crippen molar-refractivity contribution in [2.24, 2.45) is 5.92 Å². The predicted molar refractivity (Wildman–Crippen MR) is 125 cm³/mol. The summed E-state index contributed by atoms with van der Waals surface area (Å²) in [6.07, 6.45) is 0.425. The van der Waals surface area contributed by atoms with Gasteiger partial charge in [0.2, 0.25) is 11.2 Å². The highest BCUT2D eigenvalue weighted by molar-refractivity contribution is 5.88. The second-order valence-corrected chi connectivity index (χ2v) is 7.97. The van der Waals surface area contributed by atoms with Gasteiger partial charge in [0.05, 0.1) is 19.8 Å². The highest BCUT2D eigenvalue weighted by Crippen LogP contribution is 2.37. The van der Waals surface area contributed by atoms with Crippen LogP contribution < -0.4 is 10.2 Å². The summed E-state index contributed by atoms with van der Waals surface area (Å²) in [6.45, 7) is -0.777. The minimum absolute atomic E-state index is 0.0185. The number of hydrogen-bond donors (Lipinski definition) is 5. The van der Waals surface area contributed by atoms with Crippen molar-refractivity contribution in [1.29, 1.82) is 0 Å². The molecule has 4 rings (SSSR count). The summed E-state index contributed by atoms with van der Waals surface area (Å²) in [5.74, 6) is -1.58. The molecule has 0 aliphatic carbocycles.